The van der Waals surface area contributed by atoms with E-state index in [1.54, 1.807) is 6.07 Å². The van der Waals surface area contributed by atoms with Gasteiger partial charge >= 0.3 is 0 Å². The molecule has 6 nitrogen and oxygen atoms in total. The van der Waals surface area contributed by atoms with Crippen LogP contribution in [0.2, 0.25) is 0 Å². The first kappa shape index (κ1) is 14.5. The molecule has 2 rings (SSSR count). The van der Waals surface area contributed by atoms with Crippen LogP contribution >= 0.6 is 11.7 Å². The van der Waals surface area contributed by atoms with Crippen LogP contribution < -0.4 is 14.8 Å². The number of nitrogens with zero attached hydrogens (tertiary/aromatic N) is 2. The van der Waals surface area contributed by atoms with Gasteiger partial charge in [-0.1, -0.05) is 0 Å². The molecule has 0 aliphatic rings. The van der Waals surface area contributed by atoms with Crippen LogP contribution in [0.3, 0.4) is 0 Å². The molecule has 2 N–H and O–H groups in total. The van der Waals surface area contributed by atoms with Crippen molar-refractivity contribution >= 4 is 17.4 Å². The SMILES string of the molecule is COc1cc(F)ccc1NCC(O)COc1cnsn1. The molecule has 0 spiro atoms. The summed E-state index contributed by atoms with van der Waals surface area (Å²) in [6, 6.07) is 4.13. The summed E-state index contributed by atoms with van der Waals surface area (Å²) in [6.45, 7) is 0.321. The average molecular weight is 299 g/mol. The summed E-state index contributed by atoms with van der Waals surface area (Å²) in [7, 11) is 1.45. The largest absolute Gasteiger partial charge is 0.494 e. The lowest BCUT2D eigenvalue weighted by molar-refractivity contribution is 0.115. The molecule has 0 fully saturated rings. The highest BCUT2D eigenvalue weighted by Crippen LogP contribution is 2.24. The predicted molar refractivity (Wildman–Crippen MR) is 72.9 cm³/mol. The number of aliphatic hydroxyl groups is 1. The first-order chi connectivity index (χ1) is 9.69. The maximum absolute atomic E-state index is 13.0. The molecule has 20 heavy (non-hydrogen) atoms. The minimum Gasteiger partial charge on any atom is -0.494 e. The number of hydrogen-bond donors (Lipinski definition) is 2. The third-order valence-corrected chi connectivity index (χ3v) is 2.92. The van der Waals surface area contributed by atoms with Gasteiger partial charge in [-0.05, 0) is 12.1 Å². The fraction of sp³-hybridized carbons (Fsp3) is 0.333. The fourth-order valence-corrected chi connectivity index (χ4v) is 1.86. The van der Waals surface area contributed by atoms with Crippen LogP contribution in [-0.4, -0.2) is 40.2 Å². The smallest absolute Gasteiger partial charge is 0.245 e. The van der Waals surface area contributed by atoms with Crippen LogP contribution in [0.5, 0.6) is 11.6 Å². The van der Waals surface area contributed by atoms with E-state index < -0.39 is 6.10 Å². The number of ether oxygens (including phenoxy) is 2. The highest BCUT2D eigenvalue weighted by atomic mass is 32.1. The number of anilines is 1. The molecule has 1 aromatic carbocycles. The second-order valence-corrected chi connectivity index (χ2v) is 4.49. The van der Waals surface area contributed by atoms with Gasteiger partial charge in [0, 0.05) is 12.6 Å². The second kappa shape index (κ2) is 7.01. The summed E-state index contributed by atoms with van der Waals surface area (Å²) < 4.78 is 30.9. The third-order valence-electron chi connectivity index (χ3n) is 2.46. The van der Waals surface area contributed by atoms with Gasteiger partial charge < -0.3 is 19.9 Å². The van der Waals surface area contributed by atoms with E-state index in [-0.39, 0.29) is 19.0 Å². The molecule has 0 aliphatic heterocycles. The summed E-state index contributed by atoms with van der Waals surface area (Å²) >= 11 is 1.03. The molecular weight excluding hydrogens is 285 g/mol. The van der Waals surface area contributed by atoms with E-state index in [4.69, 9.17) is 9.47 Å². The van der Waals surface area contributed by atoms with E-state index in [9.17, 15) is 9.50 Å². The molecule has 1 aromatic heterocycles. The quantitative estimate of drug-likeness (QED) is 0.807. The van der Waals surface area contributed by atoms with Gasteiger partial charge in [-0.25, -0.2) is 4.39 Å². The molecule has 0 saturated heterocycles. The Bertz CT molecular complexity index is 539. The molecule has 8 heteroatoms. The van der Waals surface area contributed by atoms with Gasteiger partial charge in [-0.3, -0.25) is 0 Å². The number of aliphatic hydroxyl groups excluding tert-OH is 1. The zero-order valence-corrected chi connectivity index (χ0v) is 11.6. The lowest BCUT2D eigenvalue weighted by atomic mass is 10.2. The molecule has 1 unspecified atom stereocenters. The van der Waals surface area contributed by atoms with E-state index in [0.29, 0.717) is 17.3 Å². The maximum atomic E-state index is 13.0. The van der Waals surface area contributed by atoms with Crippen molar-refractivity contribution in [3.63, 3.8) is 0 Å². The van der Waals surface area contributed by atoms with E-state index >= 15 is 0 Å². The Hall–Kier alpha value is -1.93. The number of methoxy groups -OCH3 is 1. The summed E-state index contributed by atoms with van der Waals surface area (Å²) in [5.41, 5.74) is 0.600. The van der Waals surface area contributed by atoms with Gasteiger partial charge in [-0.15, -0.1) is 4.37 Å². The lowest BCUT2D eigenvalue weighted by Gasteiger charge is -2.14. The topological polar surface area (TPSA) is 76.5 Å². The van der Waals surface area contributed by atoms with Crippen molar-refractivity contribution in [3.8, 4) is 11.6 Å². The van der Waals surface area contributed by atoms with Gasteiger partial charge in [0.1, 0.15) is 30.5 Å². The predicted octanol–water partition coefficient (Wildman–Crippen LogP) is 1.54. The zero-order chi connectivity index (χ0) is 14.4. The van der Waals surface area contributed by atoms with Crippen LogP contribution in [0.1, 0.15) is 0 Å². The summed E-state index contributed by atoms with van der Waals surface area (Å²) in [5.74, 6) is 0.377. The normalized spacial score (nSPS) is 11.9. The Kier molecular flexibility index (Phi) is 5.08. The van der Waals surface area contributed by atoms with Gasteiger partial charge in [0.15, 0.2) is 0 Å². The minimum absolute atomic E-state index is 0.0852. The summed E-state index contributed by atoms with van der Waals surface area (Å²) in [4.78, 5) is 0. The van der Waals surface area contributed by atoms with Crippen molar-refractivity contribution in [1.82, 2.24) is 8.75 Å². The van der Waals surface area contributed by atoms with Crippen LogP contribution in [0, 0.1) is 5.82 Å². The van der Waals surface area contributed by atoms with Gasteiger partial charge in [0.25, 0.3) is 0 Å². The number of aromatic nitrogens is 2. The first-order valence-corrected chi connectivity index (χ1v) is 6.58. The monoisotopic (exact) mass is 299 g/mol. The van der Waals surface area contributed by atoms with Crippen LogP contribution in [-0.2, 0) is 0 Å². The molecular formula is C12H14FN3O3S. The molecule has 2 aromatic rings. The Labute approximate surface area is 119 Å². The van der Waals surface area contributed by atoms with Gasteiger partial charge in [-0.2, -0.15) is 4.37 Å². The van der Waals surface area contributed by atoms with E-state index in [0.717, 1.165) is 11.7 Å². The number of halogens is 1. The Balaban J connectivity index is 1.82. The highest BCUT2D eigenvalue weighted by Gasteiger charge is 2.09. The third kappa shape index (κ3) is 4.04. The molecule has 0 bridgehead atoms. The van der Waals surface area contributed by atoms with E-state index in [1.807, 2.05) is 0 Å². The lowest BCUT2D eigenvalue weighted by Crippen LogP contribution is -2.26. The molecule has 108 valence electrons. The molecule has 1 heterocycles. The summed E-state index contributed by atoms with van der Waals surface area (Å²) in [5, 5.41) is 12.7. The van der Waals surface area contributed by atoms with Crippen LogP contribution in [0.15, 0.2) is 24.4 Å². The number of nitrogens with one attached hydrogen (secondary N) is 1. The minimum atomic E-state index is -0.744. The Morgan fingerprint density at radius 1 is 1.50 bits per heavy atom. The average Bonchev–Trinajstić information content (AvgIpc) is 2.97. The molecule has 0 radical (unpaired) electrons. The van der Waals surface area contributed by atoms with Crippen molar-refractivity contribution in [2.24, 2.45) is 0 Å². The van der Waals surface area contributed by atoms with Gasteiger partial charge in [0.05, 0.1) is 24.5 Å². The van der Waals surface area contributed by atoms with Crippen LogP contribution in [0.4, 0.5) is 10.1 Å². The van der Waals surface area contributed by atoms with Crippen molar-refractivity contribution in [2.75, 3.05) is 25.6 Å². The fourth-order valence-electron chi connectivity index (χ4n) is 1.50. The Morgan fingerprint density at radius 2 is 2.35 bits per heavy atom. The van der Waals surface area contributed by atoms with Crippen molar-refractivity contribution in [2.45, 2.75) is 6.10 Å². The molecule has 0 saturated carbocycles. The standard InChI is InChI=1S/C12H14FN3O3S/c1-18-11-4-8(13)2-3-10(11)14-5-9(17)7-19-12-6-15-20-16-12/h2-4,6,9,14,17H,5,7H2,1H3. The van der Waals surface area contributed by atoms with Crippen LogP contribution in [0.25, 0.3) is 0 Å². The second-order valence-electron chi connectivity index (χ2n) is 3.94. The van der Waals surface area contributed by atoms with E-state index in [2.05, 4.69) is 14.1 Å². The molecule has 0 amide bonds. The van der Waals surface area contributed by atoms with Crippen molar-refractivity contribution in [3.05, 3.63) is 30.2 Å². The van der Waals surface area contributed by atoms with Crippen molar-refractivity contribution < 1.29 is 19.0 Å². The zero-order valence-electron chi connectivity index (χ0n) is 10.7. The van der Waals surface area contributed by atoms with Crippen molar-refractivity contribution in [1.29, 1.82) is 0 Å². The van der Waals surface area contributed by atoms with E-state index in [1.165, 1.54) is 25.4 Å². The number of hydrogen-bond acceptors (Lipinski definition) is 7. The van der Waals surface area contributed by atoms with Gasteiger partial charge in [0.2, 0.25) is 5.88 Å². The summed E-state index contributed by atoms with van der Waals surface area (Å²) in [6.07, 6.45) is 0.736. The highest BCUT2D eigenvalue weighted by molar-refractivity contribution is 6.99. The molecule has 0 aliphatic carbocycles. The number of rotatable bonds is 7. The Morgan fingerprint density at radius 3 is 3.05 bits per heavy atom. The first-order valence-electron chi connectivity index (χ1n) is 5.85. The number of benzene rings is 1. The maximum Gasteiger partial charge on any atom is 0.245 e. The molecule has 1 atom stereocenters.